The third kappa shape index (κ3) is 4.47. The molecule has 4 N–H and O–H groups in total. The molecule has 100 valence electrons. The van der Waals surface area contributed by atoms with Gasteiger partial charge in [0, 0.05) is 18.2 Å². The molecule has 0 radical (unpaired) electrons. The summed E-state index contributed by atoms with van der Waals surface area (Å²) < 4.78 is 0. The fourth-order valence-electron chi connectivity index (χ4n) is 1.96. The lowest BCUT2D eigenvalue weighted by Gasteiger charge is -2.19. The zero-order valence-corrected chi connectivity index (χ0v) is 11.0. The van der Waals surface area contributed by atoms with E-state index in [0.29, 0.717) is 18.0 Å². The second kappa shape index (κ2) is 7.13. The Kier molecular flexibility index (Phi) is 5.82. The SMILES string of the molecule is CC(C)CC(CO)NCc1ccccc1C(N)=O. The van der Waals surface area contributed by atoms with Gasteiger partial charge in [0.05, 0.1) is 6.61 Å². The number of nitrogens with one attached hydrogen (secondary N) is 1. The summed E-state index contributed by atoms with van der Waals surface area (Å²) in [6.07, 6.45) is 0.898. The molecule has 0 fully saturated rings. The summed E-state index contributed by atoms with van der Waals surface area (Å²) in [6.45, 7) is 4.86. The van der Waals surface area contributed by atoms with Crippen LogP contribution in [0.4, 0.5) is 0 Å². The highest BCUT2D eigenvalue weighted by molar-refractivity contribution is 5.94. The van der Waals surface area contributed by atoms with Crippen LogP contribution in [0.3, 0.4) is 0 Å². The van der Waals surface area contributed by atoms with Crippen molar-refractivity contribution < 1.29 is 9.90 Å². The Hall–Kier alpha value is -1.39. The predicted octanol–water partition coefficient (Wildman–Crippen LogP) is 1.28. The van der Waals surface area contributed by atoms with Gasteiger partial charge in [-0.05, 0) is 24.0 Å². The molecule has 1 amide bonds. The summed E-state index contributed by atoms with van der Waals surface area (Å²) in [5.74, 6) is 0.0952. The van der Waals surface area contributed by atoms with Crippen LogP contribution in [0.15, 0.2) is 24.3 Å². The van der Waals surface area contributed by atoms with Gasteiger partial charge in [-0.2, -0.15) is 0 Å². The average Bonchev–Trinajstić information content (AvgIpc) is 2.34. The average molecular weight is 250 g/mol. The predicted molar refractivity (Wildman–Crippen MR) is 72.1 cm³/mol. The third-order valence-corrected chi connectivity index (χ3v) is 2.84. The van der Waals surface area contributed by atoms with E-state index < -0.39 is 5.91 Å². The topological polar surface area (TPSA) is 75.3 Å². The number of hydrogen-bond acceptors (Lipinski definition) is 3. The standard InChI is InChI=1S/C14H22N2O2/c1-10(2)7-12(9-17)16-8-11-5-3-4-6-13(11)14(15)18/h3-6,10,12,16-17H,7-9H2,1-2H3,(H2,15,18). The maximum Gasteiger partial charge on any atom is 0.249 e. The van der Waals surface area contributed by atoms with Crippen molar-refractivity contribution in [1.82, 2.24) is 5.32 Å². The minimum atomic E-state index is -0.420. The molecule has 1 unspecified atom stereocenters. The molecule has 4 heteroatoms. The number of aliphatic hydroxyl groups is 1. The van der Waals surface area contributed by atoms with Crippen LogP contribution in [0.2, 0.25) is 0 Å². The van der Waals surface area contributed by atoms with Gasteiger partial charge in [0.15, 0.2) is 0 Å². The van der Waals surface area contributed by atoms with Crippen LogP contribution in [-0.4, -0.2) is 23.7 Å². The van der Waals surface area contributed by atoms with Crippen molar-refractivity contribution >= 4 is 5.91 Å². The van der Waals surface area contributed by atoms with Crippen molar-refractivity contribution in [3.63, 3.8) is 0 Å². The van der Waals surface area contributed by atoms with E-state index in [9.17, 15) is 9.90 Å². The molecule has 0 aliphatic carbocycles. The van der Waals surface area contributed by atoms with Crippen molar-refractivity contribution in [3.8, 4) is 0 Å². The number of carbonyl (C=O) groups excluding carboxylic acids is 1. The molecule has 0 saturated carbocycles. The first-order valence-electron chi connectivity index (χ1n) is 6.26. The number of benzene rings is 1. The zero-order valence-electron chi connectivity index (χ0n) is 11.0. The molecule has 1 rings (SSSR count). The summed E-state index contributed by atoms with van der Waals surface area (Å²) in [7, 11) is 0. The van der Waals surface area contributed by atoms with E-state index in [4.69, 9.17) is 5.73 Å². The Morgan fingerprint density at radius 3 is 2.61 bits per heavy atom. The number of nitrogens with two attached hydrogens (primary N) is 1. The summed E-state index contributed by atoms with van der Waals surface area (Å²) >= 11 is 0. The molecule has 1 aromatic rings. The zero-order chi connectivity index (χ0) is 13.5. The Morgan fingerprint density at radius 2 is 2.06 bits per heavy atom. The van der Waals surface area contributed by atoms with Crippen LogP contribution >= 0.6 is 0 Å². The van der Waals surface area contributed by atoms with E-state index in [2.05, 4.69) is 19.2 Å². The number of amides is 1. The van der Waals surface area contributed by atoms with Crippen LogP contribution in [0, 0.1) is 5.92 Å². The lowest BCUT2D eigenvalue weighted by Crippen LogP contribution is -2.33. The molecule has 4 nitrogen and oxygen atoms in total. The maximum atomic E-state index is 11.3. The first-order chi connectivity index (χ1) is 8.54. The first kappa shape index (κ1) is 14.7. The second-order valence-corrected chi connectivity index (χ2v) is 4.91. The monoisotopic (exact) mass is 250 g/mol. The molecule has 0 spiro atoms. The number of hydrogen-bond donors (Lipinski definition) is 3. The molecule has 0 aliphatic rings. The Bertz CT molecular complexity index is 391. The van der Waals surface area contributed by atoms with Crippen molar-refractivity contribution in [1.29, 1.82) is 0 Å². The van der Waals surface area contributed by atoms with Crippen molar-refractivity contribution in [3.05, 3.63) is 35.4 Å². The molecule has 1 aromatic carbocycles. The molecule has 0 aliphatic heterocycles. The van der Waals surface area contributed by atoms with Gasteiger partial charge < -0.3 is 16.2 Å². The number of aliphatic hydroxyl groups excluding tert-OH is 1. The quantitative estimate of drug-likeness (QED) is 0.682. The minimum absolute atomic E-state index is 0.0472. The molecule has 18 heavy (non-hydrogen) atoms. The summed E-state index contributed by atoms with van der Waals surface area (Å²) in [5.41, 5.74) is 6.72. The van der Waals surface area contributed by atoms with Crippen LogP contribution < -0.4 is 11.1 Å². The van der Waals surface area contributed by atoms with Crippen LogP contribution in [0.1, 0.15) is 36.2 Å². The fourth-order valence-corrected chi connectivity index (χ4v) is 1.96. The highest BCUT2D eigenvalue weighted by atomic mass is 16.3. The molecular formula is C14H22N2O2. The smallest absolute Gasteiger partial charge is 0.249 e. The fraction of sp³-hybridized carbons (Fsp3) is 0.500. The van der Waals surface area contributed by atoms with E-state index in [1.807, 2.05) is 12.1 Å². The maximum absolute atomic E-state index is 11.3. The van der Waals surface area contributed by atoms with Crippen molar-refractivity contribution in [2.24, 2.45) is 11.7 Å². The number of rotatable bonds is 7. The Labute approximate surface area is 108 Å². The molecule has 1 atom stereocenters. The minimum Gasteiger partial charge on any atom is -0.395 e. The highest BCUT2D eigenvalue weighted by Gasteiger charge is 2.11. The highest BCUT2D eigenvalue weighted by Crippen LogP contribution is 2.10. The molecule has 0 saturated heterocycles. The molecular weight excluding hydrogens is 228 g/mol. The van der Waals surface area contributed by atoms with Gasteiger partial charge in [-0.25, -0.2) is 0 Å². The van der Waals surface area contributed by atoms with Gasteiger partial charge in [0.2, 0.25) is 5.91 Å². The Morgan fingerprint density at radius 1 is 1.39 bits per heavy atom. The first-order valence-corrected chi connectivity index (χ1v) is 6.26. The van der Waals surface area contributed by atoms with Crippen LogP contribution in [-0.2, 0) is 6.54 Å². The van der Waals surface area contributed by atoms with Gasteiger partial charge in [-0.1, -0.05) is 32.0 Å². The van der Waals surface area contributed by atoms with E-state index in [1.54, 1.807) is 12.1 Å². The lowest BCUT2D eigenvalue weighted by atomic mass is 10.0. The van der Waals surface area contributed by atoms with Gasteiger partial charge >= 0.3 is 0 Å². The molecule has 0 aromatic heterocycles. The summed E-state index contributed by atoms with van der Waals surface area (Å²) in [5, 5.41) is 12.5. The molecule has 0 heterocycles. The summed E-state index contributed by atoms with van der Waals surface area (Å²) in [6, 6.07) is 7.30. The third-order valence-electron chi connectivity index (χ3n) is 2.84. The number of primary amides is 1. The molecule has 0 bridgehead atoms. The van der Waals surface area contributed by atoms with Gasteiger partial charge in [-0.15, -0.1) is 0 Å². The van der Waals surface area contributed by atoms with Gasteiger partial charge in [0.25, 0.3) is 0 Å². The lowest BCUT2D eigenvalue weighted by molar-refractivity contribution is 0.0999. The number of carbonyl (C=O) groups is 1. The van der Waals surface area contributed by atoms with E-state index in [-0.39, 0.29) is 12.6 Å². The van der Waals surface area contributed by atoms with E-state index in [1.165, 1.54) is 0 Å². The normalized spacial score (nSPS) is 12.7. The van der Waals surface area contributed by atoms with Gasteiger partial charge in [0.1, 0.15) is 0 Å². The van der Waals surface area contributed by atoms with E-state index in [0.717, 1.165) is 12.0 Å². The van der Waals surface area contributed by atoms with E-state index >= 15 is 0 Å². The summed E-state index contributed by atoms with van der Waals surface area (Å²) in [4.78, 5) is 11.3. The van der Waals surface area contributed by atoms with Gasteiger partial charge in [-0.3, -0.25) is 4.79 Å². The second-order valence-electron chi connectivity index (χ2n) is 4.91. The van der Waals surface area contributed by atoms with Crippen molar-refractivity contribution in [2.45, 2.75) is 32.9 Å². The Balaban J connectivity index is 2.64. The van der Waals surface area contributed by atoms with Crippen LogP contribution in [0.5, 0.6) is 0 Å². The largest absolute Gasteiger partial charge is 0.395 e. The van der Waals surface area contributed by atoms with Crippen molar-refractivity contribution in [2.75, 3.05) is 6.61 Å². The van der Waals surface area contributed by atoms with Crippen LogP contribution in [0.25, 0.3) is 0 Å².